The third-order valence-corrected chi connectivity index (χ3v) is 4.13. The Balaban J connectivity index is 1.84. The van der Waals surface area contributed by atoms with E-state index in [2.05, 4.69) is 4.90 Å². The molecule has 0 radical (unpaired) electrons. The Hall–Kier alpha value is -0.650. The molecule has 2 aliphatic rings. The van der Waals surface area contributed by atoms with Gasteiger partial charge in [-0.3, -0.25) is 9.69 Å². The first-order valence-electron chi connectivity index (χ1n) is 6.29. The highest BCUT2D eigenvalue weighted by Gasteiger charge is 2.37. The number of aliphatic carboxylic acids is 1. The van der Waals surface area contributed by atoms with E-state index in [-0.39, 0.29) is 12.0 Å². The molecule has 0 amide bonds. The van der Waals surface area contributed by atoms with Gasteiger partial charge in [0.15, 0.2) is 0 Å². The Kier molecular flexibility index (Phi) is 4.01. The van der Waals surface area contributed by atoms with E-state index >= 15 is 0 Å². The normalized spacial score (nSPS) is 39.4. The van der Waals surface area contributed by atoms with Gasteiger partial charge in [0.2, 0.25) is 0 Å². The number of rotatable bonds is 3. The highest BCUT2D eigenvalue weighted by atomic mass is 16.5. The second-order valence-corrected chi connectivity index (χ2v) is 5.14. The van der Waals surface area contributed by atoms with Crippen LogP contribution in [0.4, 0.5) is 0 Å². The second-order valence-electron chi connectivity index (χ2n) is 5.14. The van der Waals surface area contributed by atoms with Crippen molar-refractivity contribution in [3.63, 3.8) is 0 Å². The van der Waals surface area contributed by atoms with Gasteiger partial charge in [0.05, 0.1) is 18.1 Å². The third kappa shape index (κ3) is 2.78. The van der Waals surface area contributed by atoms with Gasteiger partial charge in [-0.05, 0) is 25.7 Å². The summed E-state index contributed by atoms with van der Waals surface area (Å²) < 4.78 is 5.22. The third-order valence-electron chi connectivity index (χ3n) is 4.13. The maximum absolute atomic E-state index is 10.9. The second kappa shape index (κ2) is 5.33. The lowest BCUT2D eigenvalue weighted by molar-refractivity contribution is -0.143. The van der Waals surface area contributed by atoms with Crippen LogP contribution >= 0.6 is 0 Å². The lowest BCUT2D eigenvalue weighted by Crippen LogP contribution is -2.38. The van der Waals surface area contributed by atoms with Crippen molar-refractivity contribution >= 4 is 5.97 Å². The molecule has 0 unspecified atom stereocenters. The Morgan fingerprint density at radius 1 is 1.24 bits per heavy atom. The Labute approximate surface area is 101 Å². The number of likely N-dealkylation sites (tertiary alicyclic amines) is 1. The van der Waals surface area contributed by atoms with Crippen LogP contribution in [0.5, 0.6) is 0 Å². The number of hydrogen-bond donors (Lipinski definition) is 2. The quantitative estimate of drug-likeness (QED) is 0.747. The molecule has 1 heterocycles. The van der Waals surface area contributed by atoms with Crippen molar-refractivity contribution in [1.29, 1.82) is 0 Å². The van der Waals surface area contributed by atoms with E-state index in [0.717, 1.165) is 32.2 Å². The van der Waals surface area contributed by atoms with E-state index in [4.69, 9.17) is 9.84 Å². The fraction of sp³-hybridized carbons (Fsp3) is 0.917. The highest BCUT2D eigenvalue weighted by Crippen LogP contribution is 2.30. The van der Waals surface area contributed by atoms with E-state index in [1.165, 1.54) is 0 Å². The molecule has 0 bridgehead atoms. The van der Waals surface area contributed by atoms with Crippen LogP contribution < -0.4 is 0 Å². The van der Waals surface area contributed by atoms with Crippen LogP contribution in [-0.2, 0) is 9.53 Å². The molecule has 0 aromatic carbocycles. The molecule has 17 heavy (non-hydrogen) atoms. The predicted molar refractivity (Wildman–Crippen MR) is 61.8 cm³/mol. The fourth-order valence-corrected chi connectivity index (χ4v) is 3.00. The average Bonchev–Trinajstić information content (AvgIpc) is 2.70. The van der Waals surface area contributed by atoms with Crippen LogP contribution in [0.15, 0.2) is 0 Å². The minimum atomic E-state index is -0.667. The lowest BCUT2D eigenvalue weighted by atomic mass is 9.85. The predicted octanol–water partition coefficient (Wildman–Crippen LogP) is 0.321. The molecule has 0 spiro atoms. The standard InChI is InChI=1S/C12H21NO4/c1-17-11-7-13(6-10(11)14)9-4-2-8(3-5-9)12(15)16/h8-11,14H,2-7H2,1H3,(H,15,16)/t8?,9?,10-,11-/m0/s1. The number of carboxylic acids is 1. The smallest absolute Gasteiger partial charge is 0.306 e. The van der Waals surface area contributed by atoms with Crippen molar-refractivity contribution in [2.45, 2.75) is 43.9 Å². The maximum Gasteiger partial charge on any atom is 0.306 e. The van der Waals surface area contributed by atoms with Crippen LogP contribution in [0.1, 0.15) is 25.7 Å². The molecule has 1 aliphatic carbocycles. The van der Waals surface area contributed by atoms with E-state index in [9.17, 15) is 9.90 Å². The zero-order valence-corrected chi connectivity index (χ0v) is 10.2. The number of nitrogens with zero attached hydrogens (tertiary/aromatic N) is 1. The Morgan fingerprint density at radius 2 is 1.88 bits per heavy atom. The zero-order valence-electron chi connectivity index (χ0n) is 10.2. The van der Waals surface area contributed by atoms with Gasteiger partial charge in [-0.15, -0.1) is 0 Å². The molecule has 2 fully saturated rings. The number of methoxy groups -OCH3 is 1. The first-order chi connectivity index (χ1) is 8.11. The molecule has 98 valence electrons. The number of carbonyl (C=O) groups is 1. The highest BCUT2D eigenvalue weighted by molar-refractivity contribution is 5.70. The molecule has 2 N–H and O–H groups in total. The van der Waals surface area contributed by atoms with Crippen molar-refractivity contribution in [3.8, 4) is 0 Å². The molecule has 1 saturated heterocycles. The van der Waals surface area contributed by atoms with Crippen molar-refractivity contribution < 1.29 is 19.7 Å². The summed E-state index contributed by atoms with van der Waals surface area (Å²) in [6, 6.07) is 0.417. The number of β-amino-alcohol motifs (C(OH)–C–C–N with tert-alkyl or cyclic N) is 1. The van der Waals surface area contributed by atoms with Crippen LogP contribution in [0.25, 0.3) is 0 Å². The van der Waals surface area contributed by atoms with Gasteiger partial charge in [-0.2, -0.15) is 0 Å². The summed E-state index contributed by atoms with van der Waals surface area (Å²) >= 11 is 0. The van der Waals surface area contributed by atoms with Gasteiger partial charge in [0.1, 0.15) is 0 Å². The van der Waals surface area contributed by atoms with Crippen molar-refractivity contribution in [2.24, 2.45) is 5.92 Å². The first-order valence-corrected chi connectivity index (χ1v) is 6.29. The summed E-state index contributed by atoms with van der Waals surface area (Å²) in [6.07, 6.45) is 2.85. The average molecular weight is 243 g/mol. The molecule has 0 aromatic rings. The molecular formula is C12H21NO4. The largest absolute Gasteiger partial charge is 0.481 e. The summed E-state index contributed by atoms with van der Waals surface area (Å²) in [5.41, 5.74) is 0. The molecule has 5 heteroatoms. The summed E-state index contributed by atoms with van der Waals surface area (Å²) in [7, 11) is 1.62. The Bertz CT molecular complexity index is 276. The first kappa shape index (κ1) is 12.8. The number of aliphatic hydroxyl groups is 1. The number of ether oxygens (including phenoxy) is 1. The summed E-state index contributed by atoms with van der Waals surface area (Å²) in [5.74, 6) is -0.836. The molecule has 5 nitrogen and oxygen atoms in total. The summed E-state index contributed by atoms with van der Waals surface area (Å²) in [5, 5.41) is 18.7. The maximum atomic E-state index is 10.9. The van der Waals surface area contributed by atoms with Crippen molar-refractivity contribution in [3.05, 3.63) is 0 Å². The SMILES string of the molecule is CO[C@H]1CN(C2CCC(C(=O)O)CC2)C[C@@H]1O. The lowest BCUT2D eigenvalue weighted by Gasteiger charge is -2.33. The van der Waals surface area contributed by atoms with Gasteiger partial charge < -0.3 is 14.9 Å². The van der Waals surface area contributed by atoms with Crippen LogP contribution in [0.3, 0.4) is 0 Å². The number of aliphatic hydroxyl groups excluding tert-OH is 1. The number of hydrogen-bond acceptors (Lipinski definition) is 4. The van der Waals surface area contributed by atoms with Gasteiger partial charge in [0, 0.05) is 26.2 Å². The monoisotopic (exact) mass is 243 g/mol. The van der Waals surface area contributed by atoms with Crippen LogP contribution in [0.2, 0.25) is 0 Å². The van der Waals surface area contributed by atoms with Crippen molar-refractivity contribution in [1.82, 2.24) is 4.90 Å². The van der Waals surface area contributed by atoms with Crippen LogP contribution in [0, 0.1) is 5.92 Å². The molecule has 0 aromatic heterocycles. The van der Waals surface area contributed by atoms with Gasteiger partial charge in [0.25, 0.3) is 0 Å². The number of carboxylic acid groups (broad SMARTS) is 1. The van der Waals surface area contributed by atoms with E-state index in [0.29, 0.717) is 12.6 Å². The van der Waals surface area contributed by atoms with Gasteiger partial charge >= 0.3 is 5.97 Å². The van der Waals surface area contributed by atoms with Crippen LogP contribution in [-0.4, -0.2) is 59.5 Å². The van der Waals surface area contributed by atoms with Gasteiger partial charge in [-0.25, -0.2) is 0 Å². The molecule has 1 saturated carbocycles. The summed E-state index contributed by atoms with van der Waals surface area (Å²) in [4.78, 5) is 13.1. The zero-order chi connectivity index (χ0) is 12.4. The molecular weight excluding hydrogens is 222 g/mol. The molecule has 2 rings (SSSR count). The minimum absolute atomic E-state index is 0.0906. The van der Waals surface area contributed by atoms with E-state index in [1.807, 2.05) is 0 Å². The Morgan fingerprint density at radius 3 is 2.35 bits per heavy atom. The molecule has 2 atom stereocenters. The summed E-state index contributed by atoms with van der Waals surface area (Å²) in [6.45, 7) is 1.42. The minimum Gasteiger partial charge on any atom is -0.481 e. The molecule has 1 aliphatic heterocycles. The van der Waals surface area contributed by atoms with E-state index < -0.39 is 12.1 Å². The van der Waals surface area contributed by atoms with Crippen molar-refractivity contribution in [2.75, 3.05) is 20.2 Å². The van der Waals surface area contributed by atoms with Gasteiger partial charge in [-0.1, -0.05) is 0 Å². The topological polar surface area (TPSA) is 70.0 Å². The van der Waals surface area contributed by atoms with E-state index in [1.54, 1.807) is 7.11 Å². The fourth-order valence-electron chi connectivity index (χ4n) is 3.00.